The Balaban J connectivity index is 1.52. The molecule has 1 saturated heterocycles. The van der Waals surface area contributed by atoms with Crippen LogP contribution in [0.4, 0.5) is 0 Å². The van der Waals surface area contributed by atoms with Gasteiger partial charge in [0.1, 0.15) is 23.8 Å². The van der Waals surface area contributed by atoms with Gasteiger partial charge < -0.3 is 26.2 Å². The SMILES string of the molecule is CCCC(NC(=O)[C@@H]1CC2CCCCC2N1C(=O)[C@@H](NC(=O)C(NC(=O)c1cnccn1)C(C)C)C(C)C)C(=O)C(=O)NC1CC1. The lowest BCUT2D eigenvalue weighted by molar-refractivity contribution is -0.146. The van der Waals surface area contributed by atoms with Crippen molar-refractivity contribution in [3.63, 3.8) is 0 Å². The number of nitrogens with one attached hydrogen (secondary N) is 4. The van der Waals surface area contributed by atoms with Gasteiger partial charge in [0.05, 0.1) is 12.2 Å². The van der Waals surface area contributed by atoms with E-state index in [1.165, 1.54) is 18.6 Å². The van der Waals surface area contributed by atoms with Crippen molar-refractivity contribution in [3.05, 3.63) is 24.3 Å². The van der Waals surface area contributed by atoms with Crippen LogP contribution in [0.2, 0.25) is 0 Å². The number of nitrogens with zero attached hydrogens (tertiary/aromatic N) is 3. The molecule has 0 spiro atoms. The highest BCUT2D eigenvalue weighted by molar-refractivity contribution is 6.38. The summed E-state index contributed by atoms with van der Waals surface area (Å²) >= 11 is 0. The second-order valence-electron chi connectivity index (χ2n) is 13.6. The summed E-state index contributed by atoms with van der Waals surface area (Å²) in [5.41, 5.74) is 0.0663. The number of ketones is 1. The minimum absolute atomic E-state index is 0.0132. The van der Waals surface area contributed by atoms with Gasteiger partial charge in [-0.1, -0.05) is 53.9 Å². The second kappa shape index (κ2) is 15.6. The van der Waals surface area contributed by atoms with Crippen molar-refractivity contribution in [1.29, 1.82) is 0 Å². The van der Waals surface area contributed by atoms with Crippen LogP contribution in [0, 0.1) is 17.8 Å². The molecule has 252 valence electrons. The van der Waals surface area contributed by atoms with E-state index in [1.807, 2.05) is 20.8 Å². The zero-order valence-corrected chi connectivity index (χ0v) is 27.6. The predicted molar refractivity (Wildman–Crippen MR) is 169 cm³/mol. The van der Waals surface area contributed by atoms with Crippen LogP contribution < -0.4 is 21.3 Å². The molecule has 46 heavy (non-hydrogen) atoms. The molecule has 4 unspecified atom stereocenters. The molecule has 4 N–H and O–H groups in total. The summed E-state index contributed by atoms with van der Waals surface area (Å²) in [6.07, 6.45) is 10.7. The highest BCUT2D eigenvalue weighted by Gasteiger charge is 2.50. The van der Waals surface area contributed by atoms with E-state index in [0.29, 0.717) is 19.3 Å². The van der Waals surface area contributed by atoms with E-state index in [-0.39, 0.29) is 41.4 Å². The van der Waals surface area contributed by atoms with Crippen LogP contribution in [0.5, 0.6) is 0 Å². The summed E-state index contributed by atoms with van der Waals surface area (Å²) in [7, 11) is 0. The van der Waals surface area contributed by atoms with Crippen molar-refractivity contribution in [2.24, 2.45) is 17.8 Å². The lowest BCUT2D eigenvalue weighted by Crippen LogP contribution is -2.61. The lowest BCUT2D eigenvalue weighted by atomic mass is 9.84. The predicted octanol–water partition coefficient (Wildman–Crippen LogP) is 1.66. The Morgan fingerprint density at radius 3 is 2.20 bits per heavy atom. The van der Waals surface area contributed by atoms with Crippen molar-refractivity contribution in [2.75, 3.05) is 0 Å². The monoisotopic (exact) mass is 639 g/mol. The number of amides is 5. The molecule has 2 aliphatic carbocycles. The van der Waals surface area contributed by atoms with Gasteiger partial charge in [-0.3, -0.25) is 33.8 Å². The molecule has 3 aliphatic rings. The van der Waals surface area contributed by atoms with Gasteiger partial charge in [0.2, 0.25) is 23.5 Å². The molecule has 1 aromatic heterocycles. The quantitative estimate of drug-likeness (QED) is 0.222. The minimum atomic E-state index is -0.985. The zero-order valence-electron chi connectivity index (χ0n) is 27.6. The van der Waals surface area contributed by atoms with Crippen LogP contribution in [-0.4, -0.2) is 86.4 Å². The first-order chi connectivity index (χ1) is 21.9. The van der Waals surface area contributed by atoms with Crippen molar-refractivity contribution in [2.45, 2.75) is 129 Å². The fourth-order valence-electron chi connectivity index (χ4n) is 6.56. The van der Waals surface area contributed by atoms with Gasteiger partial charge in [-0.15, -0.1) is 0 Å². The number of fused-ring (bicyclic) bond motifs is 1. The Hall–Kier alpha value is -3.90. The zero-order chi connectivity index (χ0) is 33.5. The first-order valence-electron chi connectivity index (χ1n) is 16.8. The van der Waals surface area contributed by atoms with Gasteiger partial charge in [-0.05, 0) is 56.3 Å². The van der Waals surface area contributed by atoms with Gasteiger partial charge >= 0.3 is 0 Å². The number of hydrogen-bond acceptors (Lipinski definition) is 8. The van der Waals surface area contributed by atoms with Crippen LogP contribution in [0.15, 0.2) is 18.6 Å². The average molecular weight is 640 g/mol. The van der Waals surface area contributed by atoms with E-state index in [1.54, 1.807) is 18.7 Å². The summed E-state index contributed by atoms with van der Waals surface area (Å²) in [4.78, 5) is 89.9. The van der Waals surface area contributed by atoms with Gasteiger partial charge in [0.25, 0.3) is 11.8 Å². The molecule has 1 aromatic rings. The molecule has 0 aromatic carbocycles. The molecular weight excluding hydrogens is 590 g/mol. The smallest absolute Gasteiger partial charge is 0.289 e. The molecule has 4 rings (SSSR count). The molecule has 5 amide bonds. The average Bonchev–Trinajstić information content (AvgIpc) is 3.77. The van der Waals surface area contributed by atoms with Gasteiger partial charge in [-0.25, -0.2) is 4.98 Å². The normalized spacial score (nSPS) is 22.8. The van der Waals surface area contributed by atoms with E-state index in [4.69, 9.17) is 0 Å². The van der Waals surface area contributed by atoms with Crippen LogP contribution in [-0.2, 0) is 24.0 Å². The van der Waals surface area contributed by atoms with Crippen LogP contribution in [0.1, 0.15) is 103 Å². The Morgan fingerprint density at radius 1 is 0.891 bits per heavy atom. The number of rotatable bonds is 14. The van der Waals surface area contributed by atoms with E-state index in [0.717, 1.165) is 38.5 Å². The van der Waals surface area contributed by atoms with Crippen LogP contribution >= 0.6 is 0 Å². The number of Topliss-reactive ketones (excluding diaryl/α,β-unsaturated/α-hetero) is 1. The molecule has 13 nitrogen and oxygen atoms in total. The first-order valence-corrected chi connectivity index (χ1v) is 16.8. The third kappa shape index (κ3) is 8.47. The molecule has 0 radical (unpaired) electrons. The number of aromatic nitrogens is 2. The van der Waals surface area contributed by atoms with Crippen molar-refractivity contribution in [1.82, 2.24) is 36.1 Å². The van der Waals surface area contributed by atoms with Crippen LogP contribution in [0.3, 0.4) is 0 Å². The van der Waals surface area contributed by atoms with Crippen molar-refractivity contribution in [3.8, 4) is 0 Å². The second-order valence-corrected chi connectivity index (χ2v) is 13.6. The Labute approximate surface area is 270 Å². The highest BCUT2D eigenvalue weighted by Crippen LogP contribution is 2.40. The maximum Gasteiger partial charge on any atom is 0.289 e. The number of hydrogen-bond donors (Lipinski definition) is 4. The molecule has 6 atom stereocenters. The van der Waals surface area contributed by atoms with Gasteiger partial charge in [0, 0.05) is 24.5 Å². The summed E-state index contributed by atoms with van der Waals surface area (Å²) in [6, 6.07) is -3.90. The van der Waals surface area contributed by atoms with Gasteiger partial charge in [-0.2, -0.15) is 0 Å². The number of carbonyl (C=O) groups excluding carboxylic acids is 6. The van der Waals surface area contributed by atoms with Crippen molar-refractivity contribution >= 4 is 35.3 Å². The van der Waals surface area contributed by atoms with E-state index < -0.39 is 53.6 Å². The number of likely N-dealkylation sites (tertiary alicyclic amines) is 1. The maximum absolute atomic E-state index is 14.4. The Morgan fingerprint density at radius 2 is 1.59 bits per heavy atom. The van der Waals surface area contributed by atoms with E-state index in [2.05, 4.69) is 31.2 Å². The Bertz CT molecular complexity index is 1280. The molecule has 1 aliphatic heterocycles. The topological polar surface area (TPSA) is 180 Å². The first kappa shape index (κ1) is 35.0. The minimum Gasteiger partial charge on any atom is -0.347 e. The molecule has 2 saturated carbocycles. The van der Waals surface area contributed by atoms with Crippen molar-refractivity contribution < 1.29 is 28.8 Å². The van der Waals surface area contributed by atoms with Gasteiger partial charge in [0.15, 0.2) is 0 Å². The molecule has 3 fully saturated rings. The summed E-state index contributed by atoms with van der Waals surface area (Å²) in [5.74, 6) is -3.79. The van der Waals surface area contributed by atoms with E-state index in [9.17, 15) is 28.8 Å². The fraction of sp³-hybridized carbons (Fsp3) is 0.697. The Kier molecular flexibility index (Phi) is 11.9. The van der Waals surface area contributed by atoms with E-state index >= 15 is 0 Å². The summed E-state index contributed by atoms with van der Waals surface area (Å²) < 4.78 is 0. The summed E-state index contributed by atoms with van der Waals surface area (Å²) in [5, 5.41) is 11.1. The molecule has 13 heteroatoms. The third-order valence-corrected chi connectivity index (χ3v) is 9.25. The molecular formula is C33H49N7O6. The fourth-order valence-corrected chi connectivity index (χ4v) is 6.56. The standard InChI is InChI=1S/C33H49N7O6/c1-6-9-22(28(41)32(45)36-21-12-13-21)37-30(43)25-16-20-10-7-8-11-24(20)40(25)33(46)27(19(4)5)39-31(44)26(18(2)3)38-29(42)23-17-34-14-15-35-23/h14-15,17-22,24-27H,6-13,16H2,1-5H3,(H,36,45)(H,37,43)(H,38,42)(H,39,44)/t20?,22?,24?,25-,26?,27-/m0/s1. The lowest BCUT2D eigenvalue weighted by Gasteiger charge is -2.37. The molecule has 2 heterocycles. The number of carbonyl (C=O) groups is 6. The van der Waals surface area contributed by atoms with Crippen LogP contribution in [0.25, 0.3) is 0 Å². The maximum atomic E-state index is 14.4. The largest absolute Gasteiger partial charge is 0.347 e. The third-order valence-electron chi connectivity index (χ3n) is 9.25. The highest BCUT2D eigenvalue weighted by atomic mass is 16.2. The summed E-state index contributed by atoms with van der Waals surface area (Å²) in [6.45, 7) is 9.10. The molecule has 0 bridgehead atoms.